The summed E-state index contributed by atoms with van der Waals surface area (Å²) in [5.41, 5.74) is 2.64. The van der Waals surface area contributed by atoms with Gasteiger partial charge in [0.1, 0.15) is 11.5 Å². The Bertz CT molecular complexity index is 520. The third kappa shape index (κ3) is 2.98. The first-order valence-corrected chi connectivity index (χ1v) is 6.32. The lowest BCUT2D eigenvalue weighted by molar-refractivity contribution is -0.121. The molecule has 2 amide bonds. The number of hydrazone groups is 1. The van der Waals surface area contributed by atoms with Crippen molar-refractivity contribution in [2.75, 3.05) is 5.32 Å². The number of carbonyl (C=O) groups is 2. The maximum absolute atomic E-state index is 12.0. The summed E-state index contributed by atoms with van der Waals surface area (Å²) in [6, 6.07) is 1.95. The molecule has 1 aromatic heterocycles. The fraction of sp³-hybridized carbons (Fsp3) is 0.500. The molecule has 0 aliphatic carbocycles. The van der Waals surface area contributed by atoms with Crippen molar-refractivity contribution >= 4 is 23.3 Å². The zero-order valence-electron chi connectivity index (χ0n) is 11.0. The molecule has 2 heterocycles. The first-order valence-electron chi connectivity index (χ1n) is 6.32. The molecule has 2 rings (SSSR count). The van der Waals surface area contributed by atoms with Crippen LogP contribution >= 0.6 is 0 Å². The van der Waals surface area contributed by atoms with Gasteiger partial charge in [-0.3, -0.25) is 9.59 Å². The number of amides is 2. The molecule has 0 unspecified atom stereocenters. The Morgan fingerprint density at radius 1 is 1.58 bits per heavy atom. The van der Waals surface area contributed by atoms with E-state index < -0.39 is 0 Å². The molecule has 1 aliphatic rings. The van der Waals surface area contributed by atoms with Crippen LogP contribution < -0.4 is 10.7 Å². The van der Waals surface area contributed by atoms with Gasteiger partial charge in [-0.2, -0.15) is 10.2 Å². The van der Waals surface area contributed by atoms with Gasteiger partial charge in [0, 0.05) is 18.9 Å². The molecule has 0 bridgehead atoms. The maximum atomic E-state index is 12.0. The van der Waals surface area contributed by atoms with Gasteiger partial charge in [0.25, 0.3) is 5.91 Å². The standard InChI is InChI=1S/C12H17N5O2/c1-3-8(2)17-10(6-7-13-17)14-12(19)9-4-5-11(18)16-15-9/h6-8H,3-5H2,1-2H3,(H,14,19)(H,16,18)/t8-/m0/s1. The molecule has 0 spiro atoms. The largest absolute Gasteiger partial charge is 0.306 e. The highest BCUT2D eigenvalue weighted by molar-refractivity contribution is 6.43. The third-order valence-electron chi connectivity index (χ3n) is 3.09. The monoisotopic (exact) mass is 263 g/mol. The Hall–Kier alpha value is -2.18. The van der Waals surface area contributed by atoms with E-state index >= 15 is 0 Å². The molecular formula is C12H17N5O2. The lowest BCUT2D eigenvalue weighted by atomic mass is 10.1. The van der Waals surface area contributed by atoms with E-state index in [1.54, 1.807) is 16.9 Å². The second-order valence-corrected chi connectivity index (χ2v) is 4.47. The van der Waals surface area contributed by atoms with Gasteiger partial charge >= 0.3 is 0 Å². The van der Waals surface area contributed by atoms with Crippen molar-refractivity contribution in [3.63, 3.8) is 0 Å². The number of anilines is 1. The topological polar surface area (TPSA) is 88.4 Å². The number of rotatable bonds is 4. The summed E-state index contributed by atoms with van der Waals surface area (Å²) < 4.78 is 1.76. The fourth-order valence-electron chi connectivity index (χ4n) is 1.76. The molecule has 1 atom stereocenters. The van der Waals surface area contributed by atoms with Crippen LogP contribution in [-0.2, 0) is 9.59 Å². The van der Waals surface area contributed by atoms with Crippen molar-refractivity contribution in [3.05, 3.63) is 12.3 Å². The fourth-order valence-corrected chi connectivity index (χ4v) is 1.76. The van der Waals surface area contributed by atoms with Crippen molar-refractivity contribution < 1.29 is 9.59 Å². The smallest absolute Gasteiger partial charge is 0.273 e. The van der Waals surface area contributed by atoms with Crippen molar-refractivity contribution in [2.45, 2.75) is 39.2 Å². The highest BCUT2D eigenvalue weighted by Crippen LogP contribution is 2.16. The molecule has 102 valence electrons. The van der Waals surface area contributed by atoms with Crippen molar-refractivity contribution in [1.82, 2.24) is 15.2 Å². The van der Waals surface area contributed by atoms with Crippen molar-refractivity contribution in [3.8, 4) is 0 Å². The lowest BCUT2D eigenvalue weighted by Gasteiger charge is -2.15. The molecule has 1 aliphatic heterocycles. The average molecular weight is 263 g/mol. The Morgan fingerprint density at radius 2 is 2.37 bits per heavy atom. The number of nitrogens with one attached hydrogen (secondary N) is 2. The minimum absolute atomic E-state index is 0.166. The number of nitrogens with zero attached hydrogens (tertiary/aromatic N) is 3. The number of hydrogen-bond acceptors (Lipinski definition) is 4. The van der Waals surface area contributed by atoms with Gasteiger partial charge in [-0.05, 0) is 13.3 Å². The van der Waals surface area contributed by atoms with Gasteiger partial charge < -0.3 is 5.32 Å². The van der Waals surface area contributed by atoms with Gasteiger partial charge in [0.05, 0.1) is 12.2 Å². The van der Waals surface area contributed by atoms with Gasteiger partial charge in [0.2, 0.25) is 5.91 Å². The van der Waals surface area contributed by atoms with E-state index in [2.05, 4.69) is 27.9 Å². The minimum Gasteiger partial charge on any atom is -0.306 e. The summed E-state index contributed by atoms with van der Waals surface area (Å²) in [6.45, 7) is 4.08. The van der Waals surface area contributed by atoms with E-state index in [4.69, 9.17) is 0 Å². The highest BCUT2D eigenvalue weighted by Gasteiger charge is 2.20. The van der Waals surface area contributed by atoms with E-state index in [-0.39, 0.29) is 24.3 Å². The van der Waals surface area contributed by atoms with Crippen LogP contribution in [0.25, 0.3) is 0 Å². The summed E-state index contributed by atoms with van der Waals surface area (Å²) in [5.74, 6) is 0.171. The summed E-state index contributed by atoms with van der Waals surface area (Å²) in [4.78, 5) is 23.0. The van der Waals surface area contributed by atoms with E-state index in [0.29, 0.717) is 18.0 Å². The SMILES string of the molecule is CC[C@H](C)n1nccc1NC(=O)C1=NNC(=O)CC1. The molecule has 0 aromatic carbocycles. The molecule has 0 saturated carbocycles. The Balaban J connectivity index is 2.07. The summed E-state index contributed by atoms with van der Waals surface area (Å²) in [7, 11) is 0. The molecule has 0 radical (unpaired) electrons. The highest BCUT2D eigenvalue weighted by atomic mass is 16.2. The molecular weight excluding hydrogens is 246 g/mol. The molecule has 2 N–H and O–H groups in total. The third-order valence-corrected chi connectivity index (χ3v) is 3.09. The van der Waals surface area contributed by atoms with Crippen LogP contribution in [0, 0.1) is 0 Å². The van der Waals surface area contributed by atoms with E-state index in [1.165, 1.54) is 0 Å². The summed E-state index contributed by atoms with van der Waals surface area (Å²) >= 11 is 0. The number of carbonyl (C=O) groups excluding carboxylic acids is 2. The van der Waals surface area contributed by atoms with Crippen LogP contribution in [0.1, 0.15) is 39.2 Å². The predicted octanol–water partition coefficient (Wildman–Crippen LogP) is 1.06. The normalized spacial score (nSPS) is 16.5. The zero-order valence-corrected chi connectivity index (χ0v) is 11.0. The van der Waals surface area contributed by atoms with E-state index in [9.17, 15) is 9.59 Å². The van der Waals surface area contributed by atoms with E-state index in [0.717, 1.165) is 6.42 Å². The van der Waals surface area contributed by atoms with Crippen molar-refractivity contribution in [2.24, 2.45) is 5.10 Å². The summed E-state index contributed by atoms with van der Waals surface area (Å²) in [5, 5.41) is 10.7. The molecule has 1 aromatic rings. The van der Waals surface area contributed by atoms with Gasteiger partial charge in [-0.25, -0.2) is 10.1 Å². The Morgan fingerprint density at radius 3 is 3.00 bits per heavy atom. The van der Waals surface area contributed by atoms with Crippen LogP contribution in [0.4, 0.5) is 5.82 Å². The first-order chi connectivity index (χ1) is 9.11. The average Bonchev–Trinajstić information content (AvgIpc) is 2.86. The quantitative estimate of drug-likeness (QED) is 0.851. The zero-order chi connectivity index (χ0) is 13.8. The molecule has 0 saturated heterocycles. The van der Waals surface area contributed by atoms with Crippen LogP contribution in [0.15, 0.2) is 17.4 Å². The molecule has 7 nitrogen and oxygen atoms in total. The van der Waals surface area contributed by atoms with E-state index in [1.807, 2.05) is 6.92 Å². The first kappa shape index (κ1) is 13.3. The lowest BCUT2D eigenvalue weighted by Crippen LogP contribution is -2.33. The van der Waals surface area contributed by atoms with Gasteiger partial charge in [-0.1, -0.05) is 6.92 Å². The summed E-state index contributed by atoms with van der Waals surface area (Å²) in [6.07, 6.45) is 3.21. The van der Waals surface area contributed by atoms with Crippen molar-refractivity contribution in [1.29, 1.82) is 0 Å². The van der Waals surface area contributed by atoms with Crippen LogP contribution in [0.3, 0.4) is 0 Å². The van der Waals surface area contributed by atoms with Crippen LogP contribution in [0.5, 0.6) is 0 Å². The maximum Gasteiger partial charge on any atom is 0.273 e. The van der Waals surface area contributed by atoms with Crippen LogP contribution in [0.2, 0.25) is 0 Å². The van der Waals surface area contributed by atoms with Gasteiger partial charge in [0.15, 0.2) is 0 Å². The Labute approximate surface area is 111 Å². The molecule has 7 heteroatoms. The Kier molecular flexibility index (Phi) is 3.94. The number of aromatic nitrogens is 2. The molecule has 19 heavy (non-hydrogen) atoms. The second kappa shape index (κ2) is 5.64. The number of hydrogen-bond donors (Lipinski definition) is 2. The second-order valence-electron chi connectivity index (χ2n) is 4.47. The predicted molar refractivity (Wildman–Crippen MR) is 70.7 cm³/mol. The van der Waals surface area contributed by atoms with Crippen LogP contribution in [-0.4, -0.2) is 27.3 Å². The van der Waals surface area contributed by atoms with Gasteiger partial charge in [-0.15, -0.1) is 0 Å². The molecule has 0 fully saturated rings. The minimum atomic E-state index is -0.301.